The molecule has 2 N–H and O–H groups in total. The first kappa shape index (κ1) is 27.8. The summed E-state index contributed by atoms with van der Waals surface area (Å²) in [4.78, 5) is 4.29. The minimum atomic E-state index is 0. The lowest BCUT2D eigenvalue weighted by Crippen LogP contribution is -2.38. The molecule has 31 heavy (non-hydrogen) atoms. The number of benzene rings is 1. The van der Waals surface area contributed by atoms with Gasteiger partial charge in [0.15, 0.2) is 17.5 Å². The van der Waals surface area contributed by atoms with Crippen molar-refractivity contribution in [2.75, 3.05) is 60.3 Å². The van der Waals surface area contributed by atoms with Gasteiger partial charge in [0.1, 0.15) is 0 Å². The number of aliphatic imine (C=N–C) groups is 1. The summed E-state index contributed by atoms with van der Waals surface area (Å²) >= 11 is 0. The number of rotatable bonds is 13. The van der Waals surface area contributed by atoms with Crippen LogP contribution in [0.3, 0.4) is 0 Å². The van der Waals surface area contributed by atoms with Crippen molar-refractivity contribution >= 4 is 29.9 Å². The van der Waals surface area contributed by atoms with E-state index < -0.39 is 0 Å². The second-order valence-corrected chi connectivity index (χ2v) is 7.43. The summed E-state index contributed by atoms with van der Waals surface area (Å²) in [5.41, 5.74) is 1.24. The third-order valence-corrected chi connectivity index (χ3v) is 5.14. The van der Waals surface area contributed by atoms with Crippen LogP contribution in [0.4, 0.5) is 0 Å². The average Bonchev–Trinajstić information content (AvgIpc) is 2.78. The quantitative estimate of drug-likeness (QED) is 0.170. The van der Waals surface area contributed by atoms with Gasteiger partial charge in [-0.1, -0.05) is 6.07 Å². The summed E-state index contributed by atoms with van der Waals surface area (Å²) in [6.07, 6.45) is 5.19. The predicted molar refractivity (Wildman–Crippen MR) is 136 cm³/mol. The largest absolute Gasteiger partial charge is 0.493 e. The smallest absolute Gasteiger partial charge is 0.190 e. The van der Waals surface area contributed by atoms with Crippen LogP contribution in [-0.2, 0) is 15.9 Å². The Hall–Kier alpha value is -1.26. The lowest BCUT2D eigenvalue weighted by atomic mass is 10.0. The van der Waals surface area contributed by atoms with Crippen LogP contribution in [0.25, 0.3) is 0 Å². The van der Waals surface area contributed by atoms with Crippen molar-refractivity contribution in [3.8, 4) is 11.5 Å². The molecule has 0 spiro atoms. The van der Waals surface area contributed by atoms with Crippen LogP contribution >= 0.6 is 24.0 Å². The predicted octanol–water partition coefficient (Wildman–Crippen LogP) is 3.64. The van der Waals surface area contributed by atoms with Gasteiger partial charge in [0.25, 0.3) is 0 Å². The Labute approximate surface area is 204 Å². The molecule has 0 aliphatic carbocycles. The Morgan fingerprint density at radius 3 is 2.55 bits per heavy atom. The van der Waals surface area contributed by atoms with Crippen molar-refractivity contribution in [2.45, 2.75) is 39.0 Å². The summed E-state index contributed by atoms with van der Waals surface area (Å²) in [7, 11) is 3.47. The molecule has 2 rings (SSSR count). The first-order valence-corrected chi connectivity index (χ1v) is 11.2. The molecule has 0 atom stereocenters. The van der Waals surface area contributed by atoms with E-state index in [0.717, 1.165) is 89.1 Å². The van der Waals surface area contributed by atoms with Crippen LogP contribution in [0, 0.1) is 5.92 Å². The van der Waals surface area contributed by atoms with Crippen LogP contribution in [0.2, 0.25) is 0 Å². The molecule has 0 bridgehead atoms. The summed E-state index contributed by atoms with van der Waals surface area (Å²) in [5, 5.41) is 6.72. The number of methoxy groups -OCH3 is 1. The van der Waals surface area contributed by atoms with Crippen LogP contribution < -0.4 is 20.1 Å². The molecular weight excluding hydrogens is 509 g/mol. The normalized spacial score (nSPS) is 14.6. The zero-order valence-corrected chi connectivity index (χ0v) is 21.6. The molecule has 1 fully saturated rings. The first-order valence-electron chi connectivity index (χ1n) is 11.2. The van der Waals surface area contributed by atoms with Gasteiger partial charge in [-0.25, -0.2) is 0 Å². The minimum Gasteiger partial charge on any atom is -0.493 e. The van der Waals surface area contributed by atoms with Crippen molar-refractivity contribution in [3.63, 3.8) is 0 Å². The molecule has 1 aromatic carbocycles. The van der Waals surface area contributed by atoms with E-state index in [1.54, 1.807) is 14.2 Å². The van der Waals surface area contributed by atoms with E-state index >= 15 is 0 Å². The first-order chi connectivity index (χ1) is 14.8. The summed E-state index contributed by atoms with van der Waals surface area (Å²) in [6, 6.07) is 6.13. The second kappa shape index (κ2) is 17.3. The van der Waals surface area contributed by atoms with Crippen molar-refractivity contribution in [1.29, 1.82) is 0 Å². The molecular formula is C23H40IN3O4. The highest BCUT2D eigenvalue weighted by atomic mass is 127. The lowest BCUT2D eigenvalue weighted by molar-refractivity contribution is 0.0203. The molecule has 0 aromatic heterocycles. The number of hydrogen-bond donors (Lipinski definition) is 2. The van der Waals surface area contributed by atoms with Crippen molar-refractivity contribution in [1.82, 2.24) is 10.6 Å². The number of nitrogens with one attached hydrogen (secondary N) is 2. The van der Waals surface area contributed by atoms with E-state index in [0.29, 0.717) is 12.5 Å². The number of nitrogens with zero attached hydrogens (tertiary/aromatic N) is 1. The van der Waals surface area contributed by atoms with E-state index in [1.165, 1.54) is 5.56 Å². The van der Waals surface area contributed by atoms with Gasteiger partial charge < -0.3 is 29.6 Å². The lowest BCUT2D eigenvalue weighted by Gasteiger charge is -2.21. The van der Waals surface area contributed by atoms with E-state index in [4.69, 9.17) is 18.9 Å². The molecule has 0 amide bonds. The van der Waals surface area contributed by atoms with Gasteiger partial charge in [-0.15, -0.1) is 24.0 Å². The highest BCUT2D eigenvalue weighted by Gasteiger charge is 2.13. The number of aryl methyl sites for hydroxylation is 1. The van der Waals surface area contributed by atoms with Crippen LogP contribution in [-0.4, -0.2) is 66.2 Å². The molecule has 8 heteroatoms. The molecule has 1 saturated heterocycles. The van der Waals surface area contributed by atoms with Gasteiger partial charge in [-0.3, -0.25) is 4.99 Å². The molecule has 1 aliphatic rings. The fourth-order valence-corrected chi connectivity index (χ4v) is 3.41. The second-order valence-electron chi connectivity index (χ2n) is 7.43. The van der Waals surface area contributed by atoms with E-state index in [2.05, 4.69) is 27.8 Å². The fraction of sp³-hybridized carbons (Fsp3) is 0.696. The maximum Gasteiger partial charge on any atom is 0.190 e. The summed E-state index contributed by atoms with van der Waals surface area (Å²) in [6.45, 7) is 7.71. The SMILES string of the molecule is CCOc1cc(CCCNC(=NC)NCCCOCC2CCOCC2)ccc1OC.I. The van der Waals surface area contributed by atoms with Gasteiger partial charge in [0.05, 0.1) is 13.7 Å². The summed E-state index contributed by atoms with van der Waals surface area (Å²) < 4.78 is 22.2. The number of halogens is 1. The Balaban J connectivity index is 0.00000480. The molecule has 0 radical (unpaired) electrons. The fourth-order valence-electron chi connectivity index (χ4n) is 3.41. The van der Waals surface area contributed by atoms with E-state index in [9.17, 15) is 0 Å². The average molecular weight is 549 g/mol. The maximum atomic E-state index is 5.80. The van der Waals surface area contributed by atoms with E-state index in [1.807, 2.05) is 13.0 Å². The molecule has 1 heterocycles. The minimum absolute atomic E-state index is 0. The Morgan fingerprint density at radius 1 is 1.13 bits per heavy atom. The molecule has 1 aromatic rings. The topological polar surface area (TPSA) is 73.3 Å². The monoisotopic (exact) mass is 549 g/mol. The van der Waals surface area contributed by atoms with Crippen LogP contribution in [0.15, 0.2) is 23.2 Å². The van der Waals surface area contributed by atoms with Crippen molar-refractivity contribution in [3.05, 3.63) is 23.8 Å². The number of hydrogen-bond acceptors (Lipinski definition) is 5. The van der Waals surface area contributed by atoms with Crippen molar-refractivity contribution in [2.24, 2.45) is 10.9 Å². The van der Waals surface area contributed by atoms with E-state index in [-0.39, 0.29) is 24.0 Å². The van der Waals surface area contributed by atoms with Crippen molar-refractivity contribution < 1.29 is 18.9 Å². The molecule has 178 valence electrons. The Kier molecular flexibility index (Phi) is 15.5. The third-order valence-electron chi connectivity index (χ3n) is 5.14. The Morgan fingerprint density at radius 2 is 1.87 bits per heavy atom. The highest BCUT2D eigenvalue weighted by molar-refractivity contribution is 14.0. The number of guanidine groups is 1. The van der Waals surface area contributed by atoms with Crippen LogP contribution in [0.5, 0.6) is 11.5 Å². The van der Waals surface area contributed by atoms with Gasteiger partial charge >= 0.3 is 0 Å². The zero-order valence-electron chi connectivity index (χ0n) is 19.3. The standard InChI is InChI=1S/C23H39N3O4.HI/c1-4-30-22-17-19(8-9-21(22)27-3)7-5-12-25-23(24-2)26-13-6-14-29-18-20-10-15-28-16-11-20;/h8-9,17,20H,4-7,10-16,18H2,1-3H3,(H2,24,25,26);1H. The van der Waals surface area contributed by atoms with Gasteiger partial charge in [-0.05, 0) is 62.6 Å². The number of ether oxygens (including phenoxy) is 4. The molecule has 0 saturated carbocycles. The molecule has 7 nitrogen and oxygen atoms in total. The highest BCUT2D eigenvalue weighted by Crippen LogP contribution is 2.28. The molecule has 0 unspecified atom stereocenters. The third kappa shape index (κ3) is 11.2. The van der Waals surface area contributed by atoms with Gasteiger partial charge in [0, 0.05) is 46.6 Å². The maximum absolute atomic E-state index is 5.80. The van der Waals surface area contributed by atoms with Gasteiger partial charge in [-0.2, -0.15) is 0 Å². The summed E-state index contributed by atoms with van der Waals surface area (Å²) in [5.74, 6) is 3.09. The van der Waals surface area contributed by atoms with Gasteiger partial charge in [0.2, 0.25) is 0 Å². The Bertz CT molecular complexity index is 625. The van der Waals surface area contributed by atoms with Crippen LogP contribution in [0.1, 0.15) is 38.2 Å². The molecule has 1 aliphatic heterocycles. The zero-order chi connectivity index (χ0) is 21.4.